The fourth-order valence-electron chi connectivity index (χ4n) is 8.70. The van der Waals surface area contributed by atoms with Gasteiger partial charge in [-0.05, 0) is 74.7 Å². The normalized spacial score (nSPS) is 17.9. The van der Waals surface area contributed by atoms with Crippen LogP contribution in [0.15, 0.2) is 151 Å². The van der Waals surface area contributed by atoms with Crippen molar-refractivity contribution in [2.45, 2.75) is 0 Å². The lowest BCUT2D eigenvalue weighted by Gasteiger charge is -2.42. The van der Waals surface area contributed by atoms with Gasteiger partial charge in [0, 0.05) is 50.3 Å². The summed E-state index contributed by atoms with van der Waals surface area (Å²) >= 11 is 0. The zero-order chi connectivity index (χ0) is 28.5. The molecule has 0 saturated heterocycles. The van der Waals surface area contributed by atoms with E-state index in [0.29, 0.717) is 5.92 Å². The van der Waals surface area contributed by atoms with Gasteiger partial charge in [0.05, 0.1) is 0 Å². The van der Waals surface area contributed by atoms with Gasteiger partial charge in [0.25, 0.3) is 0 Å². The fraction of sp³-hybridized carbons (Fsp3) is 0.0244. The second-order valence-electron chi connectivity index (χ2n) is 12.5. The average Bonchev–Trinajstić information content (AvgIpc) is 3.41. The summed E-state index contributed by atoms with van der Waals surface area (Å²) in [5.74, 6) is 0.303. The zero-order valence-corrected chi connectivity index (χ0v) is 23.9. The molecule has 3 heteroatoms. The molecule has 11 rings (SSSR count). The Morgan fingerprint density at radius 3 is 2.36 bits per heavy atom. The maximum absolute atomic E-state index is 2.64. The summed E-state index contributed by atoms with van der Waals surface area (Å²) in [6.45, 7) is 0.0625. The molecule has 202 valence electrons. The van der Waals surface area contributed by atoms with Crippen molar-refractivity contribution >= 4 is 68.3 Å². The molecule has 2 nitrogen and oxygen atoms in total. The Morgan fingerprint density at radius 2 is 1.41 bits per heavy atom. The van der Waals surface area contributed by atoms with Gasteiger partial charge in [-0.2, -0.15) is 0 Å². The standard InChI is InChI=1S/C41H25BN2/c1-2-13-28(14-3-1)43-37-21-9-17-31-33-19-8-18-32-29-15-4-5-20-36(29)44(41(32)33)42(40(31)37)35-23-27-22-26-12-6-10-25-11-7-16-30(39(25)26)34(27)24-38(35)43/h1-24,39H. The lowest BCUT2D eigenvalue weighted by atomic mass is 9.44. The van der Waals surface area contributed by atoms with Crippen LogP contribution in [0.3, 0.4) is 0 Å². The Bertz CT molecular complexity index is 2450. The summed E-state index contributed by atoms with van der Waals surface area (Å²) in [7, 11) is 0. The van der Waals surface area contributed by atoms with E-state index in [0.717, 1.165) is 0 Å². The third-order valence-corrected chi connectivity index (χ3v) is 10.4. The van der Waals surface area contributed by atoms with Crippen molar-refractivity contribution in [3.05, 3.63) is 162 Å². The van der Waals surface area contributed by atoms with Crippen molar-refractivity contribution in [1.29, 1.82) is 0 Å². The minimum atomic E-state index is 0.0625. The molecule has 6 aromatic rings. The molecule has 1 unspecified atom stereocenters. The Kier molecular flexibility index (Phi) is 4.23. The number of nitrogens with zero attached hydrogens (tertiary/aromatic N) is 2. The Morgan fingerprint density at radius 1 is 0.614 bits per heavy atom. The van der Waals surface area contributed by atoms with Crippen LogP contribution in [-0.4, -0.2) is 11.3 Å². The van der Waals surface area contributed by atoms with Crippen LogP contribution in [0, 0.1) is 5.92 Å². The highest BCUT2D eigenvalue weighted by Gasteiger charge is 2.43. The predicted octanol–water partition coefficient (Wildman–Crippen LogP) is 8.67. The molecule has 0 saturated carbocycles. The van der Waals surface area contributed by atoms with Crippen molar-refractivity contribution in [2.75, 3.05) is 4.90 Å². The largest absolute Gasteiger partial charge is 0.375 e. The summed E-state index contributed by atoms with van der Waals surface area (Å²) in [6.07, 6.45) is 16.0. The van der Waals surface area contributed by atoms with E-state index in [4.69, 9.17) is 0 Å². The van der Waals surface area contributed by atoms with Crippen molar-refractivity contribution in [2.24, 2.45) is 5.92 Å². The van der Waals surface area contributed by atoms with Gasteiger partial charge < -0.3 is 9.38 Å². The number of hydrogen-bond donors (Lipinski definition) is 0. The van der Waals surface area contributed by atoms with E-state index >= 15 is 0 Å². The fourth-order valence-corrected chi connectivity index (χ4v) is 8.70. The van der Waals surface area contributed by atoms with E-state index in [-0.39, 0.29) is 6.85 Å². The number of aromatic nitrogens is 1. The van der Waals surface area contributed by atoms with Gasteiger partial charge in [-0.25, -0.2) is 0 Å². The molecular formula is C41H25BN2. The minimum absolute atomic E-state index is 0.0625. The van der Waals surface area contributed by atoms with Gasteiger partial charge in [-0.3, -0.25) is 0 Å². The van der Waals surface area contributed by atoms with Crippen LogP contribution in [0.2, 0.25) is 0 Å². The van der Waals surface area contributed by atoms with Crippen LogP contribution in [0.25, 0.3) is 44.6 Å². The molecule has 5 aromatic carbocycles. The molecule has 0 bridgehead atoms. The average molecular weight is 556 g/mol. The van der Waals surface area contributed by atoms with Gasteiger partial charge in [-0.1, -0.05) is 115 Å². The zero-order valence-electron chi connectivity index (χ0n) is 23.9. The molecule has 1 atom stereocenters. The Hall–Kier alpha value is -5.54. The Balaban J connectivity index is 1.30. The van der Waals surface area contributed by atoms with E-state index in [9.17, 15) is 0 Å². The van der Waals surface area contributed by atoms with Crippen molar-refractivity contribution in [1.82, 2.24) is 4.48 Å². The number of para-hydroxylation sites is 3. The molecule has 2 aliphatic heterocycles. The lowest BCUT2D eigenvalue weighted by Crippen LogP contribution is -2.56. The molecule has 0 fully saturated rings. The second-order valence-corrected chi connectivity index (χ2v) is 12.5. The van der Waals surface area contributed by atoms with Crippen LogP contribution in [0.5, 0.6) is 0 Å². The van der Waals surface area contributed by atoms with Gasteiger partial charge in [-0.15, -0.1) is 0 Å². The van der Waals surface area contributed by atoms with E-state index in [1.54, 1.807) is 0 Å². The van der Waals surface area contributed by atoms with E-state index in [1.807, 2.05) is 0 Å². The minimum Gasteiger partial charge on any atom is -0.375 e. The first-order chi connectivity index (χ1) is 21.8. The van der Waals surface area contributed by atoms with Crippen LogP contribution >= 0.6 is 0 Å². The predicted molar refractivity (Wildman–Crippen MR) is 186 cm³/mol. The molecule has 0 spiro atoms. The van der Waals surface area contributed by atoms with Crippen LogP contribution in [0.1, 0.15) is 11.1 Å². The monoisotopic (exact) mass is 556 g/mol. The van der Waals surface area contributed by atoms with Crippen molar-refractivity contribution in [3.63, 3.8) is 0 Å². The summed E-state index contributed by atoms with van der Waals surface area (Å²) < 4.78 is 2.64. The summed E-state index contributed by atoms with van der Waals surface area (Å²) in [4.78, 5) is 2.51. The number of fused-ring (bicyclic) bond motifs is 9. The third-order valence-electron chi connectivity index (χ3n) is 10.4. The SMILES string of the molecule is C1=CC2=CC=CC3=Cc4cc5c(cc4C(=C1)C23)N(c1ccccc1)c1cccc2c1B5n1c3ccccc3c3cccc-2c31. The van der Waals surface area contributed by atoms with Gasteiger partial charge in [0.2, 0.25) is 0 Å². The number of allylic oxidation sites excluding steroid dienone is 9. The quantitative estimate of drug-likeness (QED) is 0.184. The molecule has 0 N–H and O–H groups in total. The summed E-state index contributed by atoms with van der Waals surface area (Å²) in [5, 5.41) is 2.65. The van der Waals surface area contributed by atoms with Gasteiger partial charge in [0.1, 0.15) is 0 Å². The highest BCUT2D eigenvalue weighted by atomic mass is 15.2. The number of anilines is 3. The second kappa shape index (κ2) is 8.09. The maximum atomic E-state index is 2.64. The number of rotatable bonds is 1. The molecular weight excluding hydrogens is 531 g/mol. The molecule has 5 aliphatic rings. The number of hydrogen-bond acceptors (Lipinski definition) is 1. The van der Waals surface area contributed by atoms with Crippen LogP contribution < -0.4 is 15.8 Å². The molecule has 44 heavy (non-hydrogen) atoms. The topological polar surface area (TPSA) is 8.17 Å². The van der Waals surface area contributed by atoms with Gasteiger partial charge >= 0.3 is 6.85 Å². The molecule has 0 radical (unpaired) electrons. The molecule has 3 heterocycles. The maximum Gasteiger partial charge on any atom is 0.333 e. The van der Waals surface area contributed by atoms with Crippen LogP contribution in [0.4, 0.5) is 17.1 Å². The van der Waals surface area contributed by atoms with E-state index in [1.165, 1.54) is 88.8 Å². The number of benzene rings is 5. The van der Waals surface area contributed by atoms with Crippen molar-refractivity contribution < 1.29 is 0 Å². The van der Waals surface area contributed by atoms with Crippen molar-refractivity contribution in [3.8, 4) is 11.1 Å². The highest BCUT2D eigenvalue weighted by molar-refractivity contribution is 6.90. The first-order valence-electron chi connectivity index (χ1n) is 15.5. The molecule has 1 aromatic heterocycles. The van der Waals surface area contributed by atoms with E-state index in [2.05, 4.69) is 155 Å². The summed E-state index contributed by atoms with van der Waals surface area (Å²) in [6, 6.07) is 38.6. The first kappa shape index (κ1) is 23.0. The smallest absolute Gasteiger partial charge is 0.333 e. The van der Waals surface area contributed by atoms with E-state index < -0.39 is 0 Å². The third kappa shape index (κ3) is 2.74. The summed E-state index contributed by atoms with van der Waals surface area (Å²) in [5.41, 5.74) is 18.5. The Labute approximate surface area is 256 Å². The van der Waals surface area contributed by atoms with Gasteiger partial charge in [0.15, 0.2) is 0 Å². The highest BCUT2D eigenvalue weighted by Crippen LogP contribution is 2.49. The van der Waals surface area contributed by atoms with Crippen LogP contribution in [-0.2, 0) is 0 Å². The molecule has 0 amide bonds. The molecule has 3 aliphatic carbocycles. The lowest BCUT2D eigenvalue weighted by molar-refractivity contribution is 0.952. The first-order valence-corrected chi connectivity index (χ1v) is 15.5.